The van der Waals surface area contributed by atoms with Crippen LogP contribution in [0.15, 0.2) is 77.7 Å². The predicted octanol–water partition coefficient (Wildman–Crippen LogP) is 5.76. The Kier molecular flexibility index (Phi) is 8.51. The average Bonchev–Trinajstić information content (AvgIpc) is 3.73. The number of fused-ring (bicyclic) bond motifs is 1. The molecule has 3 aromatic carbocycles. The van der Waals surface area contributed by atoms with Crippen molar-refractivity contribution in [1.82, 2.24) is 4.98 Å². The van der Waals surface area contributed by atoms with Gasteiger partial charge in [-0.05, 0) is 67.1 Å². The number of carboxylic acid groups (broad SMARTS) is 1. The number of anilines is 1. The summed E-state index contributed by atoms with van der Waals surface area (Å²) in [6.07, 6.45) is -2.99. The monoisotopic (exact) mass is 580 g/mol. The molecule has 5 rings (SSSR count). The molecule has 0 radical (unpaired) electrons. The summed E-state index contributed by atoms with van der Waals surface area (Å²) in [6, 6.07) is 17.4. The fraction of sp³-hybridized carbons (Fsp3) is 0.214. The van der Waals surface area contributed by atoms with Crippen molar-refractivity contribution in [3.05, 3.63) is 95.2 Å². The van der Waals surface area contributed by atoms with Gasteiger partial charge >= 0.3 is 41.9 Å². The quantitative estimate of drug-likeness (QED) is 0.266. The van der Waals surface area contributed by atoms with Gasteiger partial charge in [0.05, 0.1) is 22.7 Å². The molecule has 0 bridgehead atoms. The fourth-order valence-electron chi connectivity index (χ4n) is 4.46. The maximum atomic E-state index is 14.0. The zero-order valence-electron chi connectivity index (χ0n) is 20.6. The van der Waals surface area contributed by atoms with Gasteiger partial charge < -0.3 is 9.84 Å². The number of aromatic carboxylic acids is 1. The maximum absolute atomic E-state index is 14.0. The van der Waals surface area contributed by atoms with E-state index in [1.165, 1.54) is 36.4 Å². The van der Waals surface area contributed by atoms with Crippen LogP contribution in [0, 0.1) is 6.92 Å². The number of aromatic nitrogens is 1. The molecule has 1 saturated carbocycles. The van der Waals surface area contributed by atoms with E-state index in [0.717, 1.165) is 45.7 Å². The van der Waals surface area contributed by atoms with Gasteiger partial charge in [0.25, 0.3) is 10.0 Å². The standard InChI is InChI=1S/C28H23F3N2O5S.Na.H/c1-17-23-4-2-3-5-24(23)25(19-8-9-19)32-26(17)33(16-18-6-12-21(13-7-18)38-28(29,30)31)39(36,37)22-14-10-20(11-15-22)27(34)35;;/h2-7,10-15,19H,8-9,16H2,1H3,(H,34,35);;. The number of benzene rings is 3. The van der Waals surface area contributed by atoms with E-state index < -0.39 is 28.1 Å². The van der Waals surface area contributed by atoms with E-state index >= 15 is 0 Å². The van der Waals surface area contributed by atoms with E-state index in [1.54, 1.807) is 6.92 Å². The molecule has 1 aromatic heterocycles. The Morgan fingerprint density at radius 2 is 1.60 bits per heavy atom. The van der Waals surface area contributed by atoms with Gasteiger partial charge in [0.15, 0.2) is 0 Å². The molecule has 12 heteroatoms. The number of carbonyl (C=O) groups is 1. The first-order valence-corrected chi connectivity index (χ1v) is 13.5. The topological polar surface area (TPSA) is 96.8 Å². The van der Waals surface area contributed by atoms with E-state index in [-0.39, 0.29) is 58.3 Å². The summed E-state index contributed by atoms with van der Waals surface area (Å²) in [5, 5.41) is 11.0. The van der Waals surface area contributed by atoms with Crippen molar-refractivity contribution in [2.75, 3.05) is 4.31 Å². The van der Waals surface area contributed by atoms with Crippen molar-refractivity contribution in [2.45, 2.75) is 43.5 Å². The second-order valence-corrected chi connectivity index (χ2v) is 11.2. The van der Waals surface area contributed by atoms with Crippen LogP contribution < -0.4 is 9.04 Å². The van der Waals surface area contributed by atoms with Crippen molar-refractivity contribution in [2.24, 2.45) is 0 Å². The molecule has 7 nitrogen and oxygen atoms in total. The average molecular weight is 581 g/mol. The van der Waals surface area contributed by atoms with Crippen LogP contribution in [-0.2, 0) is 16.6 Å². The van der Waals surface area contributed by atoms with Gasteiger partial charge in [-0.1, -0.05) is 36.4 Å². The Morgan fingerprint density at radius 3 is 2.15 bits per heavy atom. The number of halogens is 3. The number of pyridine rings is 1. The normalized spacial score (nSPS) is 13.5. The predicted molar refractivity (Wildman–Crippen MR) is 145 cm³/mol. The molecule has 0 saturated heterocycles. The first-order chi connectivity index (χ1) is 18.4. The fourth-order valence-corrected chi connectivity index (χ4v) is 5.91. The number of hydrogen-bond acceptors (Lipinski definition) is 5. The number of nitrogens with zero attached hydrogens (tertiary/aromatic N) is 2. The van der Waals surface area contributed by atoms with Gasteiger partial charge in [0.1, 0.15) is 11.6 Å². The molecule has 1 heterocycles. The summed E-state index contributed by atoms with van der Waals surface area (Å²) in [5.74, 6) is -1.22. The molecule has 1 aliphatic carbocycles. The molecule has 1 N–H and O–H groups in total. The molecule has 0 atom stereocenters. The second-order valence-electron chi connectivity index (χ2n) is 9.30. The van der Waals surface area contributed by atoms with Crippen LogP contribution in [0.5, 0.6) is 5.75 Å². The van der Waals surface area contributed by atoms with Crippen molar-refractivity contribution in [3.8, 4) is 5.75 Å². The zero-order chi connectivity index (χ0) is 27.9. The van der Waals surface area contributed by atoms with Gasteiger partial charge in [0, 0.05) is 16.9 Å². The van der Waals surface area contributed by atoms with Crippen LogP contribution in [0.4, 0.5) is 19.0 Å². The van der Waals surface area contributed by atoms with Crippen LogP contribution in [0.25, 0.3) is 10.8 Å². The van der Waals surface area contributed by atoms with Gasteiger partial charge in [-0.3, -0.25) is 0 Å². The Morgan fingerprint density at radius 1 is 1.00 bits per heavy atom. The zero-order valence-corrected chi connectivity index (χ0v) is 21.5. The molecule has 40 heavy (non-hydrogen) atoms. The summed E-state index contributed by atoms with van der Waals surface area (Å²) in [5.41, 5.74) is 1.74. The molecule has 204 valence electrons. The van der Waals surface area contributed by atoms with Crippen molar-refractivity contribution in [3.63, 3.8) is 0 Å². The summed E-state index contributed by atoms with van der Waals surface area (Å²) in [4.78, 5) is 16.0. The minimum atomic E-state index is -4.86. The third kappa shape index (κ3) is 6.27. The van der Waals surface area contributed by atoms with E-state index in [1.807, 2.05) is 24.3 Å². The van der Waals surface area contributed by atoms with E-state index in [0.29, 0.717) is 11.1 Å². The summed E-state index contributed by atoms with van der Waals surface area (Å²) in [7, 11) is -4.28. The van der Waals surface area contributed by atoms with E-state index in [9.17, 15) is 31.5 Å². The van der Waals surface area contributed by atoms with Crippen LogP contribution in [0.2, 0.25) is 0 Å². The van der Waals surface area contributed by atoms with Crippen molar-refractivity contribution >= 4 is 62.1 Å². The molecule has 4 aromatic rings. The third-order valence-electron chi connectivity index (χ3n) is 6.54. The molecule has 0 unspecified atom stereocenters. The van der Waals surface area contributed by atoms with Gasteiger partial charge in [-0.25, -0.2) is 22.5 Å². The second kappa shape index (κ2) is 11.4. The molecule has 1 aliphatic rings. The Labute approximate surface area is 250 Å². The summed E-state index contributed by atoms with van der Waals surface area (Å²) >= 11 is 0. The van der Waals surface area contributed by atoms with E-state index in [2.05, 4.69) is 4.74 Å². The number of rotatable bonds is 8. The molecular formula is C28H24F3N2NaO5S. The Bertz CT molecular complexity index is 1660. The first-order valence-electron chi connectivity index (χ1n) is 12.0. The van der Waals surface area contributed by atoms with E-state index in [4.69, 9.17) is 4.98 Å². The van der Waals surface area contributed by atoms with Gasteiger partial charge in [-0.2, -0.15) is 0 Å². The van der Waals surface area contributed by atoms with Crippen LogP contribution >= 0.6 is 0 Å². The molecule has 0 spiro atoms. The molecule has 0 aliphatic heterocycles. The Hall–Kier alpha value is -3.12. The number of hydrogen-bond donors (Lipinski definition) is 1. The summed E-state index contributed by atoms with van der Waals surface area (Å²) < 4.78 is 71.0. The molecule has 1 fully saturated rings. The van der Waals surface area contributed by atoms with Crippen LogP contribution in [-0.4, -0.2) is 60.4 Å². The number of sulfonamides is 1. The first kappa shape index (κ1) is 29.9. The van der Waals surface area contributed by atoms with Gasteiger partial charge in [-0.15, -0.1) is 13.2 Å². The molecular weight excluding hydrogens is 556 g/mol. The van der Waals surface area contributed by atoms with Crippen molar-refractivity contribution < 1.29 is 36.2 Å². The number of alkyl halides is 3. The van der Waals surface area contributed by atoms with Crippen LogP contribution in [0.1, 0.15) is 45.9 Å². The SMILES string of the molecule is Cc1c(N(Cc2ccc(OC(F)(F)F)cc2)S(=O)(=O)c2ccc(C(=O)O)cc2)nc(C2CC2)c2ccccc12.[NaH]. The number of carboxylic acids is 1. The van der Waals surface area contributed by atoms with Gasteiger partial charge in [0.2, 0.25) is 0 Å². The minimum absolute atomic E-state index is 0. The number of aryl methyl sites for hydroxylation is 1. The molecule has 0 amide bonds. The summed E-state index contributed by atoms with van der Waals surface area (Å²) in [6.45, 7) is 1.54. The number of ether oxygens (including phenoxy) is 1. The van der Waals surface area contributed by atoms with Crippen LogP contribution in [0.3, 0.4) is 0 Å². The third-order valence-corrected chi connectivity index (χ3v) is 8.29. The van der Waals surface area contributed by atoms with Crippen molar-refractivity contribution in [1.29, 1.82) is 0 Å². The Balaban J connectivity index is 0.00000370.